The molecule has 0 aromatic rings. The minimum absolute atomic E-state index is 0.199. The summed E-state index contributed by atoms with van der Waals surface area (Å²) in [5.74, 6) is 2.59. The fourth-order valence-electron chi connectivity index (χ4n) is 8.96. The highest BCUT2D eigenvalue weighted by atomic mass is 32.2. The van der Waals surface area contributed by atoms with Gasteiger partial charge in [0, 0.05) is 5.75 Å². The highest BCUT2D eigenvalue weighted by Crippen LogP contribution is 2.68. The van der Waals surface area contributed by atoms with Crippen LogP contribution in [-0.2, 0) is 10.1 Å². The van der Waals surface area contributed by atoms with Crippen LogP contribution in [0.25, 0.3) is 0 Å². The van der Waals surface area contributed by atoms with E-state index in [1.165, 1.54) is 6.42 Å². The molecule has 10 atom stereocenters. The van der Waals surface area contributed by atoms with Crippen LogP contribution in [0.1, 0.15) is 85.0 Å². The van der Waals surface area contributed by atoms with Crippen molar-refractivity contribution in [3.05, 3.63) is 0 Å². The van der Waals surface area contributed by atoms with Crippen LogP contribution in [0, 0.1) is 46.3 Å². The Balaban J connectivity index is 1.50. The van der Waals surface area contributed by atoms with Crippen molar-refractivity contribution in [2.75, 3.05) is 5.75 Å². The van der Waals surface area contributed by atoms with Crippen LogP contribution in [0.3, 0.4) is 0 Å². The maximum absolute atomic E-state index is 11.3. The summed E-state index contributed by atoms with van der Waals surface area (Å²) in [6, 6.07) is 0. The van der Waals surface area contributed by atoms with E-state index in [-0.39, 0.29) is 28.8 Å². The SMILES string of the molecule is C[C@H](CCCS(=O)(=O)[O-])[C@H]1CC[C@H]2[C@@H]3[C@H](O)C[C@@H]4C[C@H](O)CC[C@]4(C)[C@H]3CC[C@]12C. The molecule has 4 aliphatic carbocycles. The molecular formula is C24H41O5S-. The Morgan fingerprint density at radius 3 is 2.37 bits per heavy atom. The van der Waals surface area contributed by atoms with E-state index in [2.05, 4.69) is 20.8 Å². The van der Waals surface area contributed by atoms with Gasteiger partial charge in [0.05, 0.1) is 22.3 Å². The fraction of sp³-hybridized carbons (Fsp3) is 1.00. The van der Waals surface area contributed by atoms with Crippen molar-refractivity contribution in [3.8, 4) is 0 Å². The first kappa shape index (κ1) is 23.0. The van der Waals surface area contributed by atoms with Gasteiger partial charge in [0.2, 0.25) is 0 Å². The average molecular weight is 442 g/mol. The highest BCUT2D eigenvalue weighted by Gasteiger charge is 2.62. The maximum Gasteiger partial charge on any atom is 0.0945 e. The van der Waals surface area contributed by atoms with E-state index in [1.807, 2.05) is 0 Å². The van der Waals surface area contributed by atoms with Gasteiger partial charge in [-0.2, -0.15) is 0 Å². The van der Waals surface area contributed by atoms with Crippen molar-refractivity contribution in [1.29, 1.82) is 0 Å². The maximum atomic E-state index is 11.3. The van der Waals surface area contributed by atoms with Crippen molar-refractivity contribution in [2.24, 2.45) is 46.3 Å². The predicted molar refractivity (Wildman–Crippen MR) is 116 cm³/mol. The molecule has 174 valence electrons. The van der Waals surface area contributed by atoms with Gasteiger partial charge in [0.1, 0.15) is 0 Å². The summed E-state index contributed by atoms with van der Waals surface area (Å²) >= 11 is 0. The van der Waals surface area contributed by atoms with E-state index in [0.717, 1.165) is 51.4 Å². The summed E-state index contributed by atoms with van der Waals surface area (Å²) in [4.78, 5) is 0. The molecule has 0 aromatic carbocycles. The molecule has 4 fully saturated rings. The van der Waals surface area contributed by atoms with Gasteiger partial charge in [-0.1, -0.05) is 20.8 Å². The second-order valence-electron chi connectivity index (χ2n) is 11.8. The molecule has 6 heteroatoms. The molecule has 2 N–H and O–H groups in total. The molecule has 0 bridgehead atoms. The lowest BCUT2D eigenvalue weighted by atomic mass is 9.43. The summed E-state index contributed by atoms with van der Waals surface area (Å²) in [5, 5.41) is 21.5. The molecule has 0 saturated heterocycles. The van der Waals surface area contributed by atoms with E-state index >= 15 is 0 Å². The van der Waals surface area contributed by atoms with Crippen LogP contribution >= 0.6 is 0 Å². The van der Waals surface area contributed by atoms with Crippen LogP contribution in [0.5, 0.6) is 0 Å². The van der Waals surface area contributed by atoms with E-state index in [0.29, 0.717) is 41.9 Å². The zero-order chi connectivity index (χ0) is 21.9. The summed E-state index contributed by atoms with van der Waals surface area (Å²) in [7, 11) is -4.13. The summed E-state index contributed by atoms with van der Waals surface area (Å²) in [6.07, 6.45) is 9.12. The third kappa shape index (κ3) is 3.88. The first-order valence-corrected chi connectivity index (χ1v) is 13.8. The standard InChI is InChI=1S/C24H42O5S/c1-15(5-4-12-30(27,28)29)18-6-7-19-22-20(9-11-24(18,19)3)23(2)10-8-17(25)13-16(23)14-21(22)26/h15-22,25-26H,4-14H2,1-3H3,(H,27,28,29)/p-1/t15-,16+,17-,18-,19+,20+,21-,22+,23+,24-/m1/s1. The number of rotatable bonds is 5. The Morgan fingerprint density at radius 2 is 1.67 bits per heavy atom. The van der Waals surface area contributed by atoms with E-state index in [9.17, 15) is 23.2 Å². The number of hydrogen-bond donors (Lipinski definition) is 2. The van der Waals surface area contributed by atoms with Gasteiger partial charge in [-0.15, -0.1) is 0 Å². The molecular weight excluding hydrogens is 400 g/mol. The van der Waals surface area contributed by atoms with Crippen LogP contribution in [0.2, 0.25) is 0 Å². The summed E-state index contributed by atoms with van der Waals surface area (Å²) < 4.78 is 33.0. The van der Waals surface area contributed by atoms with Crippen molar-refractivity contribution >= 4 is 10.1 Å². The summed E-state index contributed by atoms with van der Waals surface area (Å²) in [5.41, 5.74) is 0.450. The molecule has 0 aromatic heterocycles. The van der Waals surface area contributed by atoms with Gasteiger partial charge < -0.3 is 14.8 Å². The van der Waals surface area contributed by atoms with Crippen LogP contribution in [-0.4, -0.2) is 41.1 Å². The average Bonchev–Trinajstić information content (AvgIpc) is 2.99. The van der Waals surface area contributed by atoms with Crippen molar-refractivity contribution in [1.82, 2.24) is 0 Å². The molecule has 5 nitrogen and oxygen atoms in total. The number of hydrogen-bond acceptors (Lipinski definition) is 5. The smallest absolute Gasteiger partial charge is 0.0945 e. The van der Waals surface area contributed by atoms with Gasteiger partial charge in [0.15, 0.2) is 0 Å². The van der Waals surface area contributed by atoms with Gasteiger partial charge in [-0.05, 0) is 111 Å². The molecule has 0 radical (unpaired) electrons. The second kappa shape index (κ2) is 8.00. The van der Waals surface area contributed by atoms with Crippen LogP contribution in [0.15, 0.2) is 0 Å². The topological polar surface area (TPSA) is 97.7 Å². The number of aliphatic hydroxyl groups is 2. The number of fused-ring (bicyclic) bond motifs is 5. The van der Waals surface area contributed by atoms with Gasteiger partial charge >= 0.3 is 0 Å². The molecule has 30 heavy (non-hydrogen) atoms. The lowest BCUT2D eigenvalue weighted by Gasteiger charge is -2.62. The fourth-order valence-corrected chi connectivity index (χ4v) is 9.48. The molecule has 0 aliphatic heterocycles. The Labute approximate surface area is 182 Å². The van der Waals surface area contributed by atoms with Crippen molar-refractivity contribution in [3.63, 3.8) is 0 Å². The third-order valence-corrected chi connectivity index (χ3v) is 11.3. The molecule has 4 saturated carbocycles. The largest absolute Gasteiger partial charge is 0.748 e. The molecule has 0 spiro atoms. The molecule has 0 unspecified atom stereocenters. The lowest BCUT2D eigenvalue weighted by Crippen LogP contribution is -2.58. The van der Waals surface area contributed by atoms with Crippen molar-refractivity contribution in [2.45, 2.75) is 97.2 Å². The first-order valence-electron chi connectivity index (χ1n) is 12.3. The molecule has 4 rings (SSSR count). The van der Waals surface area contributed by atoms with Gasteiger partial charge in [-0.3, -0.25) is 0 Å². The van der Waals surface area contributed by atoms with Crippen LogP contribution < -0.4 is 0 Å². The zero-order valence-electron chi connectivity index (χ0n) is 18.9. The molecule has 0 amide bonds. The Morgan fingerprint density at radius 1 is 1.00 bits per heavy atom. The lowest BCUT2D eigenvalue weighted by molar-refractivity contribution is -0.174. The normalized spacial score (nSPS) is 49.7. The minimum atomic E-state index is -4.13. The zero-order valence-corrected chi connectivity index (χ0v) is 19.7. The van der Waals surface area contributed by atoms with E-state index in [4.69, 9.17) is 0 Å². The molecule has 0 heterocycles. The van der Waals surface area contributed by atoms with Crippen LogP contribution in [0.4, 0.5) is 0 Å². The van der Waals surface area contributed by atoms with E-state index < -0.39 is 10.1 Å². The minimum Gasteiger partial charge on any atom is -0.748 e. The predicted octanol–water partition coefficient (Wildman–Crippen LogP) is 3.94. The Hall–Kier alpha value is -0.170. The second-order valence-corrected chi connectivity index (χ2v) is 13.4. The third-order valence-electron chi connectivity index (χ3n) is 10.5. The molecule has 4 aliphatic rings. The quantitative estimate of drug-likeness (QED) is 0.630. The highest BCUT2D eigenvalue weighted by molar-refractivity contribution is 7.85. The monoisotopic (exact) mass is 441 g/mol. The number of aliphatic hydroxyl groups excluding tert-OH is 2. The first-order chi connectivity index (χ1) is 14.0. The van der Waals surface area contributed by atoms with E-state index in [1.54, 1.807) is 0 Å². The summed E-state index contributed by atoms with van der Waals surface area (Å²) in [6.45, 7) is 7.10. The van der Waals surface area contributed by atoms with Crippen molar-refractivity contribution < 1.29 is 23.2 Å². The Kier molecular flexibility index (Phi) is 6.13. The Bertz CT molecular complexity index is 738. The van der Waals surface area contributed by atoms with Gasteiger partial charge in [0.25, 0.3) is 0 Å². The van der Waals surface area contributed by atoms with Gasteiger partial charge in [-0.25, -0.2) is 8.42 Å².